The molecule has 0 N–H and O–H groups in total. The van der Waals surface area contributed by atoms with E-state index in [0.29, 0.717) is 6.54 Å². The molecule has 0 fully saturated rings. The van der Waals surface area contributed by atoms with Crippen LogP contribution in [0.5, 0.6) is 0 Å². The molecule has 4 heterocycles. The minimum absolute atomic E-state index is 0.118. The Morgan fingerprint density at radius 3 is 3.04 bits per heavy atom. The maximum atomic E-state index is 12.8. The van der Waals surface area contributed by atoms with Crippen LogP contribution in [-0.4, -0.2) is 32.5 Å². The molecule has 3 aromatic heterocycles. The first-order valence-corrected chi connectivity index (χ1v) is 8.69. The van der Waals surface area contributed by atoms with E-state index in [1.807, 2.05) is 29.1 Å². The van der Waals surface area contributed by atoms with Crippen LogP contribution in [0.4, 0.5) is 0 Å². The molecular weight excluding hydrogens is 308 g/mol. The highest BCUT2D eigenvalue weighted by molar-refractivity contribution is 7.16. The summed E-state index contributed by atoms with van der Waals surface area (Å²) in [6, 6.07) is 4.06. The van der Waals surface area contributed by atoms with Crippen LogP contribution < -0.4 is 5.56 Å². The van der Waals surface area contributed by atoms with Crippen molar-refractivity contribution in [1.29, 1.82) is 0 Å². The average Bonchev–Trinajstić information content (AvgIpc) is 2.81. The Labute approximate surface area is 138 Å². The van der Waals surface area contributed by atoms with Gasteiger partial charge in [0, 0.05) is 45.0 Å². The maximum Gasteiger partial charge on any atom is 0.262 e. The Bertz CT molecular complexity index is 900. The summed E-state index contributed by atoms with van der Waals surface area (Å²) in [4.78, 5) is 24.9. The van der Waals surface area contributed by atoms with Gasteiger partial charge in [0.25, 0.3) is 5.56 Å². The topological polar surface area (TPSA) is 51.0 Å². The standard InChI is InChI=1S/C17H18N4OS/c1-12-11-23-16-15(12)17(22)21-8-7-20(6-4-14(21)19-16)10-13-3-2-5-18-9-13/h2-3,5,9,11H,4,6-8,10H2,1H3. The molecule has 0 atom stereocenters. The minimum atomic E-state index is 0.118. The molecule has 0 saturated heterocycles. The van der Waals surface area contributed by atoms with Crippen LogP contribution in [0.2, 0.25) is 0 Å². The third-order valence-corrected chi connectivity index (χ3v) is 5.37. The second kappa shape index (κ2) is 5.86. The van der Waals surface area contributed by atoms with E-state index in [0.717, 1.165) is 47.7 Å². The highest BCUT2D eigenvalue weighted by atomic mass is 32.1. The molecule has 0 bridgehead atoms. The summed E-state index contributed by atoms with van der Waals surface area (Å²) >= 11 is 1.56. The second-order valence-electron chi connectivity index (χ2n) is 5.97. The molecule has 0 unspecified atom stereocenters. The summed E-state index contributed by atoms with van der Waals surface area (Å²) in [5, 5.41) is 2.81. The number of aryl methyl sites for hydroxylation is 1. The minimum Gasteiger partial charge on any atom is -0.297 e. The highest BCUT2D eigenvalue weighted by Crippen LogP contribution is 2.21. The van der Waals surface area contributed by atoms with E-state index in [1.54, 1.807) is 17.5 Å². The molecule has 0 saturated carbocycles. The SMILES string of the molecule is Cc1csc2nc3n(c(=O)c12)CCN(Cc1cccnc1)CC3. The number of rotatable bonds is 2. The van der Waals surface area contributed by atoms with Gasteiger partial charge in [0.1, 0.15) is 10.7 Å². The fourth-order valence-electron chi connectivity index (χ4n) is 3.14. The third kappa shape index (κ3) is 2.68. The largest absolute Gasteiger partial charge is 0.297 e. The normalized spacial score (nSPS) is 15.5. The zero-order valence-corrected chi connectivity index (χ0v) is 13.8. The number of hydrogen-bond donors (Lipinski definition) is 0. The summed E-state index contributed by atoms with van der Waals surface area (Å²) in [6.07, 6.45) is 4.50. The first kappa shape index (κ1) is 14.5. The van der Waals surface area contributed by atoms with Crippen molar-refractivity contribution in [2.75, 3.05) is 13.1 Å². The van der Waals surface area contributed by atoms with Gasteiger partial charge in [-0.1, -0.05) is 6.07 Å². The molecule has 118 valence electrons. The molecule has 23 heavy (non-hydrogen) atoms. The molecule has 0 radical (unpaired) electrons. The molecule has 3 aromatic rings. The van der Waals surface area contributed by atoms with Gasteiger partial charge < -0.3 is 0 Å². The molecule has 5 nitrogen and oxygen atoms in total. The van der Waals surface area contributed by atoms with Crippen LogP contribution in [0, 0.1) is 6.92 Å². The van der Waals surface area contributed by atoms with Crippen LogP contribution in [0.25, 0.3) is 10.2 Å². The quantitative estimate of drug-likeness (QED) is 0.724. The second-order valence-corrected chi connectivity index (χ2v) is 6.83. The Morgan fingerprint density at radius 1 is 1.30 bits per heavy atom. The lowest BCUT2D eigenvalue weighted by Crippen LogP contribution is -2.28. The van der Waals surface area contributed by atoms with E-state index in [2.05, 4.69) is 16.0 Å². The van der Waals surface area contributed by atoms with E-state index < -0.39 is 0 Å². The lowest BCUT2D eigenvalue weighted by molar-refractivity contribution is 0.271. The summed E-state index contributed by atoms with van der Waals surface area (Å²) in [5.74, 6) is 0.915. The van der Waals surface area contributed by atoms with E-state index in [9.17, 15) is 4.79 Å². The van der Waals surface area contributed by atoms with Crippen molar-refractivity contribution in [3.05, 3.63) is 57.2 Å². The number of pyridine rings is 1. The van der Waals surface area contributed by atoms with Crippen molar-refractivity contribution in [3.8, 4) is 0 Å². The van der Waals surface area contributed by atoms with E-state index in [4.69, 9.17) is 4.98 Å². The molecule has 0 spiro atoms. The van der Waals surface area contributed by atoms with Crippen molar-refractivity contribution in [3.63, 3.8) is 0 Å². The zero-order chi connectivity index (χ0) is 15.8. The first-order chi connectivity index (χ1) is 11.2. The Balaban J connectivity index is 1.63. The predicted octanol–water partition coefficient (Wildman–Crippen LogP) is 2.22. The van der Waals surface area contributed by atoms with Gasteiger partial charge in [0.15, 0.2) is 0 Å². The summed E-state index contributed by atoms with van der Waals surface area (Å²) in [7, 11) is 0. The zero-order valence-electron chi connectivity index (χ0n) is 13.0. The smallest absolute Gasteiger partial charge is 0.262 e. The van der Waals surface area contributed by atoms with Gasteiger partial charge in [0.05, 0.1) is 5.39 Å². The fourth-order valence-corrected chi connectivity index (χ4v) is 4.07. The van der Waals surface area contributed by atoms with Crippen LogP contribution in [-0.2, 0) is 19.5 Å². The van der Waals surface area contributed by atoms with E-state index >= 15 is 0 Å². The van der Waals surface area contributed by atoms with Gasteiger partial charge >= 0.3 is 0 Å². The van der Waals surface area contributed by atoms with Crippen molar-refractivity contribution in [2.24, 2.45) is 0 Å². The maximum absolute atomic E-state index is 12.8. The molecule has 0 aromatic carbocycles. The number of thiophene rings is 1. The van der Waals surface area contributed by atoms with E-state index in [-0.39, 0.29) is 5.56 Å². The van der Waals surface area contributed by atoms with Crippen LogP contribution in [0.15, 0.2) is 34.7 Å². The Kier molecular flexibility index (Phi) is 3.71. The van der Waals surface area contributed by atoms with Crippen LogP contribution >= 0.6 is 11.3 Å². The van der Waals surface area contributed by atoms with Gasteiger partial charge in [0.2, 0.25) is 0 Å². The third-order valence-electron chi connectivity index (χ3n) is 4.38. The summed E-state index contributed by atoms with van der Waals surface area (Å²) in [6.45, 7) is 5.33. The van der Waals surface area contributed by atoms with Crippen LogP contribution in [0.1, 0.15) is 17.0 Å². The fraction of sp³-hybridized carbons (Fsp3) is 0.353. The van der Waals surface area contributed by atoms with Crippen molar-refractivity contribution in [1.82, 2.24) is 19.4 Å². The molecule has 0 amide bonds. The van der Waals surface area contributed by atoms with E-state index in [1.165, 1.54) is 5.56 Å². The molecular formula is C17H18N4OS. The number of nitrogens with zero attached hydrogens (tertiary/aromatic N) is 4. The summed E-state index contributed by atoms with van der Waals surface area (Å²) < 4.78 is 1.87. The molecule has 1 aliphatic rings. The Morgan fingerprint density at radius 2 is 2.22 bits per heavy atom. The molecule has 1 aliphatic heterocycles. The Hall–Kier alpha value is -2.05. The van der Waals surface area contributed by atoms with Crippen molar-refractivity contribution < 1.29 is 0 Å². The predicted molar refractivity (Wildman–Crippen MR) is 91.8 cm³/mol. The van der Waals surface area contributed by atoms with Crippen molar-refractivity contribution >= 4 is 21.6 Å². The van der Waals surface area contributed by atoms with Gasteiger partial charge in [-0.2, -0.15) is 0 Å². The number of hydrogen-bond acceptors (Lipinski definition) is 5. The van der Waals surface area contributed by atoms with Crippen LogP contribution in [0.3, 0.4) is 0 Å². The number of aromatic nitrogens is 3. The van der Waals surface area contributed by atoms with Gasteiger partial charge in [-0.15, -0.1) is 11.3 Å². The van der Waals surface area contributed by atoms with Crippen molar-refractivity contribution in [2.45, 2.75) is 26.4 Å². The van der Waals surface area contributed by atoms with Gasteiger partial charge in [-0.05, 0) is 29.5 Å². The summed E-state index contributed by atoms with van der Waals surface area (Å²) in [5.41, 5.74) is 2.36. The lowest BCUT2D eigenvalue weighted by Gasteiger charge is -2.18. The lowest BCUT2D eigenvalue weighted by atomic mass is 10.2. The van der Waals surface area contributed by atoms with Gasteiger partial charge in [-0.3, -0.25) is 19.2 Å². The monoisotopic (exact) mass is 326 g/mol. The average molecular weight is 326 g/mol. The van der Waals surface area contributed by atoms with Gasteiger partial charge in [-0.25, -0.2) is 4.98 Å². The molecule has 4 rings (SSSR count). The number of fused-ring (bicyclic) bond motifs is 2. The highest BCUT2D eigenvalue weighted by Gasteiger charge is 2.19. The first-order valence-electron chi connectivity index (χ1n) is 7.81. The molecule has 6 heteroatoms. The molecule has 0 aliphatic carbocycles.